The predicted molar refractivity (Wildman–Crippen MR) is 94.0 cm³/mol. The summed E-state index contributed by atoms with van der Waals surface area (Å²) in [4.78, 5) is 16.6. The maximum absolute atomic E-state index is 12.8. The number of aryl methyl sites for hydroxylation is 1. The lowest BCUT2D eigenvalue weighted by molar-refractivity contribution is 0.392. The monoisotopic (exact) mass is 363 g/mol. The Bertz CT molecular complexity index is 1100. The van der Waals surface area contributed by atoms with Gasteiger partial charge >= 0.3 is 5.69 Å². The van der Waals surface area contributed by atoms with Gasteiger partial charge in [-0.25, -0.2) is 13.2 Å². The third-order valence-corrected chi connectivity index (χ3v) is 5.15. The molecule has 1 aromatic heterocycles. The molecule has 3 aromatic rings. The van der Waals surface area contributed by atoms with Crippen LogP contribution < -0.4 is 19.9 Å². The van der Waals surface area contributed by atoms with Crippen molar-refractivity contribution in [2.75, 3.05) is 18.9 Å². The Labute approximate surface area is 143 Å². The number of fused-ring (bicyclic) bond motifs is 1. The van der Waals surface area contributed by atoms with Crippen molar-refractivity contribution in [2.45, 2.75) is 11.8 Å². The third-order valence-electron chi connectivity index (χ3n) is 3.77. The van der Waals surface area contributed by atoms with Crippen LogP contribution in [0.2, 0.25) is 0 Å². The fraction of sp³-hybridized carbons (Fsp3) is 0.188. The number of H-pyrrole nitrogens is 2. The Morgan fingerprint density at radius 3 is 2.32 bits per heavy atom. The van der Waals surface area contributed by atoms with E-state index in [1.807, 2.05) is 0 Å². The number of methoxy groups -OCH3 is 2. The molecule has 0 atom stereocenters. The van der Waals surface area contributed by atoms with Gasteiger partial charge in [-0.2, -0.15) is 0 Å². The molecule has 132 valence electrons. The predicted octanol–water partition coefficient (Wildman–Crippen LogP) is 1.98. The fourth-order valence-corrected chi connectivity index (χ4v) is 3.80. The Morgan fingerprint density at radius 1 is 1.00 bits per heavy atom. The minimum absolute atomic E-state index is 0.0450. The molecule has 0 aliphatic heterocycles. The lowest BCUT2D eigenvalue weighted by Gasteiger charge is -2.14. The zero-order valence-electron chi connectivity index (χ0n) is 13.8. The number of benzene rings is 2. The van der Waals surface area contributed by atoms with Gasteiger partial charge < -0.3 is 19.4 Å². The summed E-state index contributed by atoms with van der Waals surface area (Å²) in [6.07, 6.45) is 0. The highest BCUT2D eigenvalue weighted by atomic mass is 32.2. The van der Waals surface area contributed by atoms with Crippen molar-refractivity contribution in [2.24, 2.45) is 0 Å². The zero-order chi connectivity index (χ0) is 18.2. The largest absolute Gasteiger partial charge is 0.497 e. The number of nitrogens with one attached hydrogen (secondary N) is 3. The molecule has 3 N–H and O–H groups in total. The molecule has 0 aliphatic carbocycles. The normalized spacial score (nSPS) is 11.5. The van der Waals surface area contributed by atoms with Gasteiger partial charge in [0.25, 0.3) is 10.0 Å². The van der Waals surface area contributed by atoms with E-state index in [2.05, 4.69) is 14.7 Å². The summed E-state index contributed by atoms with van der Waals surface area (Å²) >= 11 is 0. The maximum Gasteiger partial charge on any atom is 0.323 e. The molecule has 3 rings (SSSR count). The summed E-state index contributed by atoms with van der Waals surface area (Å²) in [6.45, 7) is 1.74. The molecule has 0 saturated heterocycles. The highest BCUT2D eigenvalue weighted by Gasteiger charge is 2.22. The van der Waals surface area contributed by atoms with Crippen LogP contribution in [0.3, 0.4) is 0 Å². The molecule has 0 fully saturated rings. The van der Waals surface area contributed by atoms with Gasteiger partial charge in [0.2, 0.25) is 0 Å². The van der Waals surface area contributed by atoms with E-state index >= 15 is 0 Å². The summed E-state index contributed by atoms with van der Waals surface area (Å²) < 4.78 is 38.4. The fourth-order valence-electron chi connectivity index (χ4n) is 2.49. The number of aromatic amines is 2. The van der Waals surface area contributed by atoms with E-state index in [0.29, 0.717) is 28.0 Å². The third kappa shape index (κ3) is 3.18. The molecule has 9 heteroatoms. The molecule has 0 unspecified atom stereocenters. The summed E-state index contributed by atoms with van der Waals surface area (Å²) in [5.74, 6) is 0.588. The van der Waals surface area contributed by atoms with E-state index in [9.17, 15) is 13.2 Å². The lowest BCUT2D eigenvalue weighted by atomic mass is 10.2. The minimum Gasteiger partial charge on any atom is -0.497 e. The zero-order valence-corrected chi connectivity index (χ0v) is 14.7. The van der Waals surface area contributed by atoms with E-state index in [1.54, 1.807) is 25.1 Å². The first-order chi connectivity index (χ1) is 11.8. The van der Waals surface area contributed by atoms with Crippen LogP contribution >= 0.6 is 0 Å². The summed E-state index contributed by atoms with van der Waals surface area (Å²) in [5.41, 5.74) is 1.76. The molecule has 0 spiro atoms. The van der Waals surface area contributed by atoms with E-state index < -0.39 is 10.0 Å². The Balaban J connectivity index is 2.07. The van der Waals surface area contributed by atoms with Crippen LogP contribution in [0, 0.1) is 6.92 Å². The number of rotatable bonds is 5. The average molecular weight is 363 g/mol. The van der Waals surface area contributed by atoms with Gasteiger partial charge in [-0.15, -0.1) is 0 Å². The van der Waals surface area contributed by atoms with Gasteiger partial charge in [0, 0.05) is 6.07 Å². The average Bonchev–Trinajstić information content (AvgIpc) is 2.93. The van der Waals surface area contributed by atoms with Gasteiger partial charge in [-0.3, -0.25) is 4.72 Å². The Morgan fingerprint density at radius 2 is 1.68 bits per heavy atom. The van der Waals surface area contributed by atoms with Crippen LogP contribution in [0.5, 0.6) is 11.5 Å². The minimum atomic E-state index is -3.93. The van der Waals surface area contributed by atoms with E-state index in [0.717, 1.165) is 0 Å². The molecule has 8 nitrogen and oxygen atoms in total. The number of hydrogen-bond acceptors (Lipinski definition) is 5. The standard InChI is InChI=1S/C16H17N3O5S/c1-9-6-12-13(18-16(20)17-12)8-11(9)19-25(21,22)15-7-10(23-2)4-5-14(15)24-3/h4-8,19H,1-3H3,(H2,17,18,20). The van der Waals surface area contributed by atoms with Crippen LogP contribution in [-0.4, -0.2) is 32.6 Å². The van der Waals surface area contributed by atoms with Gasteiger partial charge in [0.1, 0.15) is 16.4 Å². The highest BCUT2D eigenvalue weighted by molar-refractivity contribution is 7.92. The smallest absolute Gasteiger partial charge is 0.323 e. The molecular weight excluding hydrogens is 346 g/mol. The molecule has 0 radical (unpaired) electrons. The van der Waals surface area contributed by atoms with Crippen molar-refractivity contribution in [1.29, 1.82) is 0 Å². The lowest BCUT2D eigenvalue weighted by Crippen LogP contribution is -2.15. The van der Waals surface area contributed by atoms with Crippen molar-refractivity contribution in [1.82, 2.24) is 9.97 Å². The highest BCUT2D eigenvalue weighted by Crippen LogP contribution is 2.31. The van der Waals surface area contributed by atoms with Crippen LogP contribution in [0.25, 0.3) is 11.0 Å². The molecule has 2 aromatic carbocycles. The Kier molecular flexibility index (Phi) is 4.17. The number of ether oxygens (including phenoxy) is 2. The second kappa shape index (κ2) is 6.17. The summed E-state index contributed by atoms with van der Waals surface area (Å²) in [6, 6.07) is 7.76. The molecule has 0 aliphatic rings. The van der Waals surface area contributed by atoms with Gasteiger partial charge in [0.05, 0.1) is 30.9 Å². The van der Waals surface area contributed by atoms with Crippen LogP contribution in [0.4, 0.5) is 5.69 Å². The molecule has 0 bridgehead atoms. The SMILES string of the molecule is COc1ccc(OC)c(S(=O)(=O)Nc2cc3[nH]c(=O)[nH]c3cc2C)c1. The number of anilines is 1. The Hall–Kier alpha value is -2.94. The van der Waals surface area contributed by atoms with Crippen LogP contribution in [0.1, 0.15) is 5.56 Å². The van der Waals surface area contributed by atoms with E-state index in [-0.39, 0.29) is 16.3 Å². The van der Waals surface area contributed by atoms with Gasteiger partial charge in [0.15, 0.2) is 0 Å². The van der Waals surface area contributed by atoms with Crippen molar-refractivity contribution >= 4 is 26.7 Å². The molecule has 0 amide bonds. The van der Waals surface area contributed by atoms with Crippen molar-refractivity contribution in [3.63, 3.8) is 0 Å². The van der Waals surface area contributed by atoms with Crippen molar-refractivity contribution in [3.05, 3.63) is 46.4 Å². The second-order valence-electron chi connectivity index (χ2n) is 5.41. The van der Waals surface area contributed by atoms with Gasteiger partial charge in [-0.1, -0.05) is 0 Å². The van der Waals surface area contributed by atoms with Crippen LogP contribution in [-0.2, 0) is 10.0 Å². The molecule has 1 heterocycles. The quantitative estimate of drug-likeness (QED) is 0.641. The number of imidazole rings is 1. The van der Waals surface area contributed by atoms with Crippen LogP contribution in [0.15, 0.2) is 40.0 Å². The molecular formula is C16H17N3O5S. The first-order valence-corrected chi connectivity index (χ1v) is 8.80. The van der Waals surface area contributed by atoms with E-state index in [1.165, 1.54) is 26.4 Å². The maximum atomic E-state index is 12.8. The number of sulfonamides is 1. The summed E-state index contributed by atoms with van der Waals surface area (Å²) in [5, 5.41) is 0. The van der Waals surface area contributed by atoms with Crippen molar-refractivity contribution in [3.8, 4) is 11.5 Å². The number of hydrogen-bond donors (Lipinski definition) is 3. The van der Waals surface area contributed by atoms with E-state index in [4.69, 9.17) is 9.47 Å². The topological polar surface area (TPSA) is 113 Å². The molecule has 0 saturated carbocycles. The summed E-state index contributed by atoms with van der Waals surface area (Å²) in [7, 11) is -1.09. The van der Waals surface area contributed by atoms with Crippen molar-refractivity contribution < 1.29 is 17.9 Å². The second-order valence-corrected chi connectivity index (χ2v) is 7.06. The first-order valence-electron chi connectivity index (χ1n) is 7.31. The first kappa shape index (κ1) is 16.9. The molecule has 25 heavy (non-hydrogen) atoms. The number of aromatic nitrogens is 2. The van der Waals surface area contributed by atoms with Gasteiger partial charge in [-0.05, 0) is 36.8 Å².